The maximum absolute atomic E-state index is 13.6. The number of rotatable bonds is 8. The van der Waals surface area contributed by atoms with E-state index >= 15 is 0 Å². The number of nitrogens with zero attached hydrogens (tertiary/aromatic N) is 3. The smallest absolute Gasteiger partial charge is 0.322 e. The van der Waals surface area contributed by atoms with Crippen LogP contribution < -0.4 is 14.8 Å². The predicted molar refractivity (Wildman–Crippen MR) is 122 cm³/mol. The monoisotopic (exact) mass is 468 g/mol. The molecule has 1 unspecified atom stereocenters. The van der Waals surface area contributed by atoms with Crippen LogP contribution in [0, 0.1) is 5.82 Å². The Morgan fingerprint density at radius 1 is 1.09 bits per heavy atom. The summed E-state index contributed by atoms with van der Waals surface area (Å²) in [5.74, 6) is 1.31. The third kappa shape index (κ3) is 4.44. The number of hydrogen-bond donors (Lipinski definition) is 1. The standard InChI is InChI=1S/C24H25FN4O5/c1-14-20(23-27-22(28-34-23)16-7-10-18(32-3)19(13-16)33-4)21(15-5-8-17(25)9-6-15)26-24(30)29(14)11-12-31-2/h5-10,13,21H,11-12H2,1-4H3,(H,26,30). The van der Waals surface area contributed by atoms with Crippen LogP contribution in [0.15, 0.2) is 52.7 Å². The second-order valence-electron chi connectivity index (χ2n) is 7.57. The quantitative estimate of drug-likeness (QED) is 0.533. The summed E-state index contributed by atoms with van der Waals surface area (Å²) in [4.78, 5) is 19.0. The third-order valence-corrected chi connectivity index (χ3v) is 5.62. The van der Waals surface area contributed by atoms with Crippen LogP contribution in [0.25, 0.3) is 17.0 Å². The molecule has 0 spiro atoms. The van der Waals surface area contributed by atoms with Crippen LogP contribution in [0.5, 0.6) is 11.5 Å². The number of carbonyl (C=O) groups is 1. The van der Waals surface area contributed by atoms with Gasteiger partial charge in [0.05, 0.1) is 39.0 Å². The van der Waals surface area contributed by atoms with Crippen molar-refractivity contribution in [2.24, 2.45) is 0 Å². The molecule has 3 aromatic rings. The molecule has 0 fully saturated rings. The first kappa shape index (κ1) is 23.2. The second kappa shape index (κ2) is 9.92. The summed E-state index contributed by atoms with van der Waals surface area (Å²) in [7, 11) is 4.67. The van der Waals surface area contributed by atoms with Gasteiger partial charge in [-0.2, -0.15) is 4.98 Å². The van der Waals surface area contributed by atoms with Crippen molar-refractivity contribution in [3.63, 3.8) is 0 Å². The van der Waals surface area contributed by atoms with Gasteiger partial charge in [0.2, 0.25) is 5.82 Å². The molecule has 1 aliphatic heterocycles. The van der Waals surface area contributed by atoms with Crippen molar-refractivity contribution in [2.45, 2.75) is 13.0 Å². The first-order valence-electron chi connectivity index (χ1n) is 10.6. The van der Waals surface area contributed by atoms with Gasteiger partial charge in [0.15, 0.2) is 11.5 Å². The fourth-order valence-electron chi connectivity index (χ4n) is 3.84. The fourth-order valence-corrected chi connectivity index (χ4v) is 3.84. The zero-order valence-electron chi connectivity index (χ0n) is 19.3. The number of nitrogens with one attached hydrogen (secondary N) is 1. The lowest BCUT2D eigenvalue weighted by Gasteiger charge is -2.35. The summed E-state index contributed by atoms with van der Waals surface area (Å²) < 4.78 is 35.0. The minimum absolute atomic E-state index is 0.235. The highest BCUT2D eigenvalue weighted by Gasteiger charge is 2.35. The van der Waals surface area contributed by atoms with Gasteiger partial charge in [-0.25, -0.2) is 9.18 Å². The Morgan fingerprint density at radius 3 is 2.50 bits per heavy atom. The molecule has 2 heterocycles. The minimum Gasteiger partial charge on any atom is -0.493 e. The van der Waals surface area contributed by atoms with Crippen molar-refractivity contribution >= 4 is 11.6 Å². The Hall–Kier alpha value is -3.92. The number of ether oxygens (including phenoxy) is 3. The van der Waals surface area contributed by atoms with Crippen LogP contribution >= 0.6 is 0 Å². The van der Waals surface area contributed by atoms with Crippen molar-refractivity contribution in [1.29, 1.82) is 0 Å². The molecule has 1 N–H and O–H groups in total. The van der Waals surface area contributed by atoms with Crippen LogP contribution in [0.4, 0.5) is 9.18 Å². The van der Waals surface area contributed by atoms with E-state index in [0.717, 1.165) is 0 Å². The Morgan fingerprint density at radius 2 is 1.82 bits per heavy atom. The average Bonchev–Trinajstić information content (AvgIpc) is 3.33. The molecular formula is C24H25FN4O5. The largest absolute Gasteiger partial charge is 0.493 e. The molecule has 178 valence electrons. The lowest BCUT2D eigenvalue weighted by atomic mass is 9.94. The number of halogens is 1. The number of aromatic nitrogens is 2. The molecule has 1 atom stereocenters. The van der Waals surface area contributed by atoms with Gasteiger partial charge >= 0.3 is 6.03 Å². The molecule has 0 saturated carbocycles. The SMILES string of the molecule is COCCN1C(=O)NC(c2ccc(F)cc2)C(c2nc(-c3ccc(OC)c(OC)c3)no2)=C1C. The van der Waals surface area contributed by atoms with E-state index < -0.39 is 6.04 Å². The molecule has 2 aromatic carbocycles. The molecule has 1 aromatic heterocycles. The Labute approximate surface area is 196 Å². The second-order valence-corrected chi connectivity index (χ2v) is 7.57. The molecular weight excluding hydrogens is 443 g/mol. The van der Waals surface area contributed by atoms with Gasteiger partial charge < -0.3 is 24.1 Å². The maximum Gasteiger partial charge on any atom is 0.322 e. The van der Waals surface area contributed by atoms with Crippen molar-refractivity contribution < 1.29 is 27.9 Å². The Bertz CT molecular complexity index is 1210. The number of methoxy groups -OCH3 is 3. The Balaban J connectivity index is 1.78. The number of urea groups is 1. The molecule has 0 aliphatic carbocycles. The fraction of sp³-hybridized carbons (Fsp3) is 0.292. The van der Waals surface area contributed by atoms with E-state index in [9.17, 15) is 9.18 Å². The molecule has 1 aliphatic rings. The van der Waals surface area contributed by atoms with Crippen molar-refractivity contribution in [2.75, 3.05) is 34.5 Å². The van der Waals surface area contributed by atoms with Crippen LogP contribution in [0.3, 0.4) is 0 Å². The van der Waals surface area contributed by atoms with Gasteiger partial charge in [-0.3, -0.25) is 4.90 Å². The van der Waals surface area contributed by atoms with E-state index in [1.165, 1.54) is 12.1 Å². The summed E-state index contributed by atoms with van der Waals surface area (Å²) >= 11 is 0. The highest BCUT2D eigenvalue weighted by atomic mass is 19.1. The molecule has 0 bridgehead atoms. The van der Waals surface area contributed by atoms with Gasteiger partial charge in [0.25, 0.3) is 5.89 Å². The van der Waals surface area contributed by atoms with Crippen LogP contribution in [-0.4, -0.2) is 55.6 Å². The summed E-state index contributed by atoms with van der Waals surface area (Å²) in [6.07, 6.45) is 0. The molecule has 34 heavy (non-hydrogen) atoms. The first-order valence-corrected chi connectivity index (χ1v) is 10.6. The zero-order valence-corrected chi connectivity index (χ0v) is 19.3. The molecule has 2 amide bonds. The molecule has 0 radical (unpaired) electrons. The highest BCUT2D eigenvalue weighted by molar-refractivity contribution is 5.86. The third-order valence-electron chi connectivity index (χ3n) is 5.62. The van der Waals surface area contributed by atoms with Gasteiger partial charge in [0, 0.05) is 18.4 Å². The van der Waals surface area contributed by atoms with E-state index in [1.807, 2.05) is 0 Å². The lowest BCUT2D eigenvalue weighted by molar-refractivity contribution is 0.158. The molecule has 10 heteroatoms. The van der Waals surface area contributed by atoms with E-state index in [-0.39, 0.29) is 17.7 Å². The van der Waals surface area contributed by atoms with E-state index in [0.29, 0.717) is 52.9 Å². The van der Waals surface area contributed by atoms with E-state index in [4.69, 9.17) is 18.7 Å². The van der Waals surface area contributed by atoms with Gasteiger partial charge in [0.1, 0.15) is 5.82 Å². The van der Waals surface area contributed by atoms with Gasteiger partial charge in [-0.1, -0.05) is 17.3 Å². The van der Waals surface area contributed by atoms with E-state index in [2.05, 4.69) is 15.5 Å². The number of hydrogen-bond acceptors (Lipinski definition) is 7. The highest BCUT2D eigenvalue weighted by Crippen LogP contribution is 2.38. The van der Waals surface area contributed by atoms with Gasteiger partial charge in [-0.15, -0.1) is 0 Å². The first-order chi connectivity index (χ1) is 16.5. The van der Waals surface area contributed by atoms with Crippen LogP contribution in [0.1, 0.15) is 24.4 Å². The minimum atomic E-state index is -0.606. The molecule has 0 saturated heterocycles. The molecule has 9 nitrogen and oxygen atoms in total. The number of amides is 2. The maximum atomic E-state index is 13.6. The number of carbonyl (C=O) groups excluding carboxylic acids is 1. The Kier molecular flexibility index (Phi) is 6.78. The lowest BCUT2D eigenvalue weighted by Crippen LogP contribution is -2.47. The normalized spacial score (nSPS) is 16.0. The topological polar surface area (TPSA) is 99.0 Å². The number of benzene rings is 2. The van der Waals surface area contributed by atoms with Crippen molar-refractivity contribution in [3.8, 4) is 22.9 Å². The summed E-state index contributed by atoms with van der Waals surface area (Å²) in [5, 5.41) is 7.10. The summed E-state index contributed by atoms with van der Waals surface area (Å²) in [6, 6.07) is 10.3. The predicted octanol–water partition coefficient (Wildman–Crippen LogP) is 4.04. The van der Waals surface area contributed by atoms with Crippen LogP contribution in [-0.2, 0) is 4.74 Å². The van der Waals surface area contributed by atoms with E-state index in [1.54, 1.807) is 63.5 Å². The molecule has 4 rings (SSSR count). The zero-order chi connectivity index (χ0) is 24.2. The van der Waals surface area contributed by atoms with Crippen molar-refractivity contribution in [1.82, 2.24) is 20.4 Å². The average molecular weight is 468 g/mol. The van der Waals surface area contributed by atoms with Crippen molar-refractivity contribution in [3.05, 3.63) is 65.4 Å². The number of allylic oxidation sites excluding steroid dienone is 1. The summed E-state index contributed by atoms with van der Waals surface area (Å²) in [5.41, 5.74) is 2.60. The van der Waals surface area contributed by atoms with Crippen LogP contribution in [0.2, 0.25) is 0 Å². The summed E-state index contributed by atoms with van der Waals surface area (Å²) in [6.45, 7) is 2.49. The van der Waals surface area contributed by atoms with Gasteiger partial charge in [-0.05, 0) is 42.8 Å².